The highest BCUT2D eigenvalue weighted by atomic mass is 35.5. The van der Waals surface area contributed by atoms with Crippen LogP contribution in [0.5, 0.6) is 5.75 Å². The molecule has 0 saturated carbocycles. The maximum Gasteiger partial charge on any atom is 0.239 e. The Morgan fingerprint density at radius 1 is 1.19 bits per heavy atom. The van der Waals surface area contributed by atoms with Gasteiger partial charge in [-0.2, -0.15) is 0 Å². The van der Waals surface area contributed by atoms with Crippen LogP contribution < -0.4 is 9.46 Å². The second-order valence-electron chi connectivity index (χ2n) is 7.28. The standard InChI is InChI=1S/C23H22ClN3O3S/c1-16-14-27(15-25-16)22-11-10-20(13-23(22)30-2)26-31(28,29)21-5-3-4-18(12-21)17-6-8-19(24)9-7-17/h3-11,13-15,21,26H,12H2,1-2H3. The highest BCUT2D eigenvalue weighted by Crippen LogP contribution is 2.31. The number of methoxy groups -OCH3 is 1. The van der Waals surface area contributed by atoms with E-state index in [0.717, 1.165) is 22.5 Å². The zero-order valence-corrected chi connectivity index (χ0v) is 18.7. The first kappa shape index (κ1) is 21.2. The van der Waals surface area contributed by atoms with Crippen LogP contribution in [0.4, 0.5) is 5.69 Å². The van der Waals surface area contributed by atoms with Crippen molar-refractivity contribution in [3.8, 4) is 11.4 Å². The molecule has 0 aliphatic heterocycles. The lowest BCUT2D eigenvalue weighted by atomic mass is 9.97. The molecule has 1 atom stereocenters. The summed E-state index contributed by atoms with van der Waals surface area (Å²) in [7, 11) is -2.11. The van der Waals surface area contributed by atoms with E-state index in [1.54, 1.807) is 55.9 Å². The molecule has 0 radical (unpaired) electrons. The fraction of sp³-hybridized carbons (Fsp3) is 0.174. The van der Waals surface area contributed by atoms with Crippen LogP contribution >= 0.6 is 11.6 Å². The van der Waals surface area contributed by atoms with E-state index in [1.165, 1.54) is 0 Å². The number of nitrogens with one attached hydrogen (secondary N) is 1. The van der Waals surface area contributed by atoms with E-state index in [9.17, 15) is 8.42 Å². The molecule has 1 N–H and O–H groups in total. The van der Waals surface area contributed by atoms with E-state index in [0.29, 0.717) is 22.9 Å². The van der Waals surface area contributed by atoms with Gasteiger partial charge in [0.15, 0.2) is 0 Å². The Hall–Kier alpha value is -3.03. The van der Waals surface area contributed by atoms with E-state index >= 15 is 0 Å². The van der Waals surface area contributed by atoms with Crippen LogP contribution in [0.3, 0.4) is 0 Å². The Bertz CT molecular complexity index is 1260. The highest BCUT2D eigenvalue weighted by molar-refractivity contribution is 7.93. The molecular formula is C23H22ClN3O3S. The number of benzene rings is 2. The molecule has 0 fully saturated rings. The first-order chi connectivity index (χ1) is 14.9. The summed E-state index contributed by atoms with van der Waals surface area (Å²) in [6.45, 7) is 1.90. The summed E-state index contributed by atoms with van der Waals surface area (Å²) < 4.78 is 36.2. The van der Waals surface area contributed by atoms with Crippen molar-refractivity contribution in [3.05, 3.63) is 89.5 Å². The van der Waals surface area contributed by atoms with Crippen molar-refractivity contribution in [2.75, 3.05) is 11.8 Å². The smallest absolute Gasteiger partial charge is 0.239 e. The first-order valence-corrected chi connectivity index (χ1v) is 11.6. The second-order valence-corrected chi connectivity index (χ2v) is 9.62. The van der Waals surface area contributed by atoms with Crippen LogP contribution in [-0.2, 0) is 10.0 Å². The Morgan fingerprint density at radius 3 is 2.65 bits per heavy atom. The Labute approximate surface area is 186 Å². The van der Waals surface area contributed by atoms with Crippen molar-refractivity contribution >= 4 is 32.9 Å². The molecule has 1 unspecified atom stereocenters. The number of imidazole rings is 1. The molecule has 0 saturated heterocycles. The number of hydrogen-bond acceptors (Lipinski definition) is 4. The van der Waals surface area contributed by atoms with Crippen LogP contribution in [0.25, 0.3) is 11.3 Å². The summed E-state index contributed by atoms with van der Waals surface area (Å²) >= 11 is 5.96. The molecular weight excluding hydrogens is 434 g/mol. The predicted octanol–water partition coefficient (Wildman–Crippen LogP) is 5.00. The number of nitrogens with zero attached hydrogens (tertiary/aromatic N) is 2. The monoisotopic (exact) mass is 455 g/mol. The van der Waals surface area contributed by atoms with Crippen molar-refractivity contribution in [3.63, 3.8) is 0 Å². The lowest BCUT2D eigenvalue weighted by Crippen LogP contribution is -2.27. The summed E-state index contributed by atoms with van der Waals surface area (Å²) in [6, 6.07) is 12.6. The number of sulfonamides is 1. The quantitative estimate of drug-likeness (QED) is 0.567. The van der Waals surface area contributed by atoms with Crippen molar-refractivity contribution in [1.29, 1.82) is 0 Å². The minimum absolute atomic E-state index is 0.372. The van der Waals surface area contributed by atoms with Crippen LogP contribution in [0.2, 0.25) is 5.02 Å². The third kappa shape index (κ3) is 4.68. The minimum Gasteiger partial charge on any atom is -0.494 e. The van der Waals surface area contributed by atoms with Gasteiger partial charge < -0.3 is 9.30 Å². The van der Waals surface area contributed by atoms with Crippen LogP contribution in [0.15, 0.2) is 73.2 Å². The molecule has 0 amide bonds. The molecule has 1 aliphatic carbocycles. The number of hydrogen-bond donors (Lipinski definition) is 1. The van der Waals surface area contributed by atoms with Crippen LogP contribution in [0, 0.1) is 6.92 Å². The van der Waals surface area contributed by atoms with Crippen molar-refractivity contribution in [1.82, 2.24) is 9.55 Å². The average molecular weight is 456 g/mol. The fourth-order valence-corrected chi connectivity index (χ4v) is 4.92. The van der Waals surface area contributed by atoms with Crippen molar-refractivity contribution < 1.29 is 13.2 Å². The molecule has 1 aromatic heterocycles. The van der Waals surface area contributed by atoms with Gasteiger partial charge in [-0.05, 0) is 48.7 Å². The van der Waals surface area contributed by atoms with Gasteiger partial charge >= 0.3 is 0 Å². The van der Waals surface area contributed by atoms with Gasteiger partial charge in [0.25, 0.3) is 0 Å². The van der Waals surface area contributed by atoms with Crippen LogP contribution in [-0.4, -0.2) is 30.3 Å². The lowest BCUT2D eigenvalue weighted by molar-refractivity contribution is 0.413. The number of allylic oxidation sites excluding steroid dienone is 3. The largest absolute Gasteiger partial charge is 0.494 e. The van der Waals surface area contributed by atoms with Crippen molar-refractivity contribution in [2.45, 2.75) is 18.6 Å². The van der Waals surface area contributed by atoms with E-state index in [-0.39, 0.29) is 0 Å². The third-order valence-electron chi connectivity index (χ3n) is 5.09. The van der Waals surface area contributed by atoms with Gasteiger partial charge in [0.2, 0.25) is 10.0 Å². The molecule has 2 aromatic carbocycles. The van der Waals surface area contributed by atoms with Gasteiger partial charge in [-0.3, -0.25) is 4.72 Å². The van der Waals surface area contributed by atoms with Gasteiger partial charge in [0.1, 0.15) is 11.0 Å². The number of rotatable bonds is 6. The molecule has 3 aromatic rings. The molecule has 6 nitrogen and oxygen atoms in total. The van der Waals surface area contributed by atoms with Crippen molar-refractivity contribution in [2.24, 2.45) is 0 Å². The Kier molecular flexibility index (Phi) is 5.89. The normalized spacial score (nSPS) is 16.1. The Balaban J connectivity index is 1.54. The molecule has 0 spiro atoms. The van der Waals surface area contributed by atoms with Gasteiger partial charge in [0.05, 0.1) is 30.5 Å². The summed E-state index contributed by atoms with van der Waals surface area (Å²) in [6.07, 6.45) is 9.34. The van der Waals surface area contributed by atoms with E-state index in [2.05, 4.69) is 9.71 Å². The number of ether oxygens (including phenoxy) is 1. The third-order valence-corrected chi connectivity index (χ3v) is 6.98. The molecule has 160 valence electrons. The summed E-state index contributed by atoms with van der Waals surface area (Å²) in [5.41, 5.74) is 3.99. The fourth-order valence-electron chi connectivity index (χ4n) is 3.49. The molecule has 8 heteroatoms. The van der Waals surface area contributed by atoms with E-state index < -0.39 is 15.3 Å². The molecule has 31 heavy (non-hydrogen) atoms. The number of aryl methyl sites for hydroxylation is 1. The minimum atomic E-state index is -3.66. The number of aromatic nitrogens is 2. The van der Waals surface area contributed by atoms with Crippen LogP contribution in [0.1, 0.15) is 17.7 Å². The lowest BCUT2D eigenvalue weighted by Gasteiger charge is -2.21. The van der Waals surface area contributed by atoms with Gasteiger partial charge in [-0.15, -0.1) is 0 Å². The zero-order chi connectivity index (χ0) is 22.0. The highest BCUT2D eigenvalue weighted by Gasteiger charge is 2.26. The van der Waals surface area contributed by atoms with Gasteiger partial charge in [0, 0.05) is 17.3 Å². The topological polar surface area (TPSA) is 73.2 Å². The van der Waals surface area contributed by atoms with E-state index in [1.807, 2.05) is 35.9 Å². The second kappa shape index (κ2) is 8.61. The predicted molar refractivity (Wildman–Crippen MR) is 124 cm³/mol. The summed E-state index contributed by atoms with van der Waals surface area (Å²) in [4.78, 5) is 4.22. The van der Waals surface area contributed by atoms with E-state index in [4.69, 9.17) is 16.3 Å². The molecule has 0 bridgehead atoms. The molecule has 4 rings (SSSR count). The zero-order valence-electron chi connectivity index (χ0n) is 17.1. The number of halogens is 1. The summed E-state index contributed by atoms with van der Waals surface area (Å²) in [5.74, 6) is 0.540. The maximum atomic E-state index is 13.1. The maximum absolute atomic E-state index is 13.1. The molecule has 1 heterocycles. The first-order valence-electron chi connectivity index (χ1n) is 9.69. The SMILES string of the molecule is COc1cc(NS(=O)(=O)C2C=CC=C(c3ccc(Cl)cc3)C2)ccc1-n1cnc(C)c1. The summed E-state index contributed by atoms with van der Waals surface area (Å²) in [5, 5.41) is -0.0464. The number of anilines is 1. The Morgan fingerprint density at radius 2 is 1.97 bits per heavy atom. The molecule has 1 aliphatic rings. The van der Waals surface area contributed by atoms with Gasteiger partial charge in [-0.25, -0.2) is 13.4 Å². The average Bonchev–Trinajstić information content (AvgIpc) is 3.20. The van der Waals surface area contributed by atoms with Gasteiger partial charge in [-0.1, -0.05) is 42.0 Å².